The van der Waals surface area contributed by atoms with Crippen LogP contribution in [0, 0.1) is 0 Å². The van der Waals surface area contributed by atoms with Gasteiger partial charge < -0.3 is 10.5 Å². The van der Waals surface area contributed by atoms with Gasteiger partial charge >= 0.3 is 0 Å². The average molecular weight is 196 g/mol. The van der Waals surface area contributed by atoms with Crippen molar-refractivity contribution in [3.05, 3.63) is 6.20 Å². The molecule has 0 aromatic carbocycles. The maximum absolute atomic E-state index is 5.52. The Morgan fingerprint density at radius 1 is 1.43 bits per heavy atom. The summed E-state index contributed by atoms with van der Waals surface area (Å²) < 4.78 is 5.31. The van der Waals surface area contributed by atoms with Crippen LogP contribution in [0.1, 0.15) is 31.7 Å². The number of methoxy groups -OCH3 is 1. The molecule has 5 heteroatoms. The highest BCUT2D eigenvalue weighted by molar-refractivity contribution is 5.19. The van der Waals surface area contributed by atoms with Gasteiger partial charge in [-0.3, -0.25) is 0 Å². The quantitative estimate of drug-likeness (QED) is 0.766. The zero-order valence-electron chi connectivity index (χ0n) is 8.39. The molecule has 1 aliphatic carbocycles. The van der Waals surface area contributed by atoms with Gasteiger partial charge in [-0.1, -0.05) is 0 Å². The first-order chi connectivity index (χ1) is 6.79. The van der Waals surface area contributed by atoms with Crippen molar-refractivity contribution in [2.24, 2.45) is 0 Å². The molecule has 1 heterocycles. The van der Waals surface area contributed by atoms with Gasteiger partial charge in [0.05, 0.1) is 18.3 Å². The highest BCUT2D eigenvalue weighted by Crippen LogP contribution is 2.28. The molecule has 14 heavy (non-hydrogen) atoms. The number of hydrogen-bond donors (Lipinski definition) is 1. The fourth-order valence-electron chi connectivity index (χ4n) is 1.98. The van der Waals surface area contributed by atoms with Gasteiger partial charge in [0.15, 0.2) is 5.82 Å². The molecule has 5 nitrogen and oxygen atoms in total. The molecular weight excluding hydrogens is 180 g/mol. The highest BCUT2D eigenvalue weighted by Gasteiger charge is 2.23. The lowest BCUT2D eigenvalue weighted by atomic mass is 9.93. The van der Waals surface area contributed by atoms with E-state index in [-0.39, 0.29) is 0 Å². The van der Waals surface area contributed by atoms with Gasteiger partial charge in [-0.25, -0.2) is 0 Å². The molecule has 1 fully saturated rings. The molecule has 2 N–H and O–H groups in total. The van der Waals surface area contributed by atoms with E-state index >= 15 is 0 Å². The third-order valence-electron chi connectivity index (χ3n) is 2.83. The maximum Gasteiger partial charge on any atom is 0.165 e. The van der Waals surface area contributed by atoms with Crippen molar-refractivity contribution in [1.82, 2.24) is 15.0 Å². The van der Waals surface area contributed by atoms with Crippen LogP contribution in [-0.4, -0.2) is 28.2 Å². The van der Waals surface area contributed by atoms with E-state index in [1.807, 2.05) is 0 Å². The molecule has 0 unspecified atom stereocenters. The van der Waals surface area contributed by atoms with E-state index in [0.29, 0.717) is 18.0 Å². The number of anilines is 1. The van der Waals surface area contributed by atoms with Crippen LogP contribution in [0.3, 0.4) is 0 Å². The summed E-state index contributed by atoms with van der Waals surface area (Å²) in [7, 11) is 1.77. The van der Waals surface area contributed by atoms with Crippen LogP contribution in [0.5, 0.6) is 0 Å². The van der Waals surface area contributed by atoms with Crippen molar-refractivity contribution in [2.75, 3.05) is 12.8 Å². The standard InChI is InChI=1S/C9H16N4O/c1-14-8-4-2-7(3-5-8)13-11-6-9(10)12-13/h6-8H,2-5H2,1H3,(H2,10,12). The second-order valence-corrected chi connectivity index (χ2v) is 3.76. The van der Waals surface area contributed by atoms with Crippen molar-refractivity contribution < 1.29 is 4.74 Å². The summed E-state index contributed by atoms with van der Waals surface area (Å²) in [5.74, 6) is 0.499. The molecule has 0 radical (unpaired) electrons. The zero-order chi connectivity index (χ0) is 9.97. The fourth-order valence-corrected chi connectivity index (χ4v) is 1.98. The second kappa shape index (κ2) is 3.96. The Balaban J connectivity index is 1.95. The molecule has 0 spiro atoms. The second-order valence-electron chi connectivity index (χ2n) is 3.76. The third kappa shape index (κ3) is 1.87. The van der Waals surface area contributed by atoms with E-state index in [9.17, 15) is 0 Å². The average Bonchev–Trinajstić information content (AvgIpc) is 2.65. The Labute approximate surface area is 83.2 Å². The van der Waals surface area contributed by atoms with Crippen LogP contribution >= 0.6 is 0 Å². The van der Waals surface area contributed by atoms with Crippen LogP contribution in [0.15, 0.2) is 6.20 Å². The minimum atomic E-state index is 0.402. The highest BCUT2D eigenvalue weighted by atomic mass is 16.5. The first kappa shape index (κ1) is 9.45. The van der Waals surface area contributed by atoms with Crippen molar-refractivity contribution in [1.29, 1.82) is 0 Å². The first-order valence-corrected chi connectivity index (χ1v) is 4.99. The molecule has 0 aliphatic heterocycles. The molecule has 1 aromatic heterocycles. The molecule has 1 saturated carbocycles. The number of nitrogen functional groups attached to an aromatic ring is 1. The summed E-state index contributed by atoms with van der Waals surface area (Å²) in [4.78, 5) is 1.74. The Hall–Kier alpha value is -1.10. The number of nitrogens with zero attached hydrogens (tertiary/aromatic N) is 3. The minimum Gasteiger partial charge on any atom is -0.381 e. The number of aromatic nitrogens is 3. The van der Waals surface area contributed by atoms with E-state index in [2.05, 4.69) is 10.2 Å². The number of ether oxygens (including phenoxy) is 1. The molecule has 1 aromatic rings. The Morgan fingerprint density at radius 2 is 2.14 bits per heavy atom. The topological polar surface area (TPSA) is 66.0 Å². The maximum atomic E-state index is 5.52. The van der Waals surface area contributed by atoms with Gasteiger partial charge in [-0.15, -0.1) is 5.10 Å². The van der Waals surface area contributed by atoms with Gasteiger partial charge in [0.2, 0.25) is 0 Å². The van der Waals surface area contributed by atoms with Crippen molar-refractivity contribution in [3.8, 4) is 0 Å². The van der Waals surface area contributed by atoms with Crippen LogP contribution in [0.2, 0.25) is 0 Å². The number of hydrogen-bond acceptors (Lipinski definition) is 4. The summed E-state index contributed by atoms with van der Waals surface area (Å²) in [6, 6.07) is 0.402. The van der Waals surface area contributed by atoms with E-state index in [0.717, 1.165) is 25.7 Å². The lowest BCUT2D eigenvalue weighted by Crippen LogP contribution is -2.24. The Morgan fingerprint density at radius 3 is 2.64 bits per heavy atom. The van der Waals surface area contributed by atoms with Gasteiger partial charge in [0.1, 0.15) is 0 Å². The molecule has 2 rings (SSSR count). The van der Waals surface area contributed by atoms with Gasteiger partial charge in [0.25, 0.3) is 0 Å². The van der Waals surface area contributed by atoms with Crippen LogP contribution in [0.25, 0.3) is 0 Å². The summed E-state index contributed by atoms with van der Waals surface area (Å²) in [5.41, 5.74) is 5.52. The lowest BCUT2D eigenvalue weighted by molar-refractivity contribution is 0.0548. The largest absolute Gasteiger partial charge is 0.381 e. The smallest absolute Gasteiger partial charge is 0.165 e. The first-order valence-electron chi connectivity index (χ1n) is 4.99. The monoisotopic (exact) mass is 196 g/mol. The van der Waals surface area contributed by atoms with Crippen LogP contribution in [0.4, 0.5) is 5.82 Å². The summed E-state index contributed by atoms with van der Waals surface area (Å²) in [5, 5.41) is 8.26. The van der Waals surface area contributed by atoms with E-state index in [4.69, 9.17) is 10.5 Å². The van der Waals surface area contributed by atoms with Crippen molar-refractivity contribution in [3.63, 3.8) is 0 Å². The zero-order valence-corrected chi connectivity index (χ0v) is 8.39. The molecule has 78 valence electrons. The van der Waals surface area contributed by atoms with E-state index in [1.54, 1.807) is 18.1 Å². The van der Waals surface area contributed by atoms with Gasteiger partial charge in [-0.05, 0) is 25.7 Å². The summed E-state index contributed by atoms with van der Waals surface area (Å²) in [6.45, 7) is 0. The van der Waals surface area contributed by atoms with Crippen LogP contribution in [-0.2, 0) is 4.74 Å². The number of nitrogens with two attached hydrogens (primary N) is 1. The Kier molecular flexibility index (Phi) is 2.67. The molecular formula is C9H16N4O. The molecule has 0 bridgehead atoms. The molecule has 0 saturated heterocycles. The molecule has 0 amide bonds. The number of rotatable bonds is 2. The lowest BCUT2D eigenvalue weighted by Gasteiger charge is -2.26. The van der Waals surface area contributed by atoms with Gasteiger partial charge in [-0.2, -0.15) is 9.90 Å². The fraction of sp³-hybridized carbons (Fsp3) is 0.778. The Bertz CT molecular complexity index is 291. The predicted octanol–water partition coefficient (Wildman–Crippen LogP) is 0.990. The van der Waals surface area contributed by atoms with E-state index in [1.165, 1.54) is 0 Å². The predicted molar refractivity (Wildman–Crippen MR) is 52.7 cm³/mol. The SMILES string of the molecule is COC1CCC(n2ncc(N)n2)CC1. The van der Waals surface area contributed by atoms with Crippen LogP contribution < -0.4 is 5.73 Å². The molecule has 1 aliphatic rings. The minimum absolute atomic E-state index is 0.402. The summed E-state index contributed by atoms with van der Waals surface area (Å²) in [6.07, 6.45) is 6.34. The molecule has 0 atom stereocenters. The van der Waals surface area contributed by atoms with Gasteiger partial charge in [0, 0.05) is 7.11 Å². The van der Waals surface area contributed by atoms with E-state index < -0.39 is 0 Å². The van der Waals surface area contributed by atoms with Crippen molar-refractivity contribution >= 4 is 5.82 Å². The normalized spacial score (nSPS) is 27.8. The third-order valence-corrected chi connectivity index (χ3v) is 2.83. The van der Waals surface area contributed by atoms with Crippen molar-refractivity contribution in [2.45, 2.75) is 37.8 Å². The summed E-state index contributed by atoms with van der Waals surface area (Å²) >= 11 is 0.